The fourth-order valence-electron chi connectivity index (χ4n) is 2.75. The van der Waals surface area contributed by atoms with Crippen molar-refractivity contribution in [2.75, 3.05) is 13.6 Å². The Kier molecular flexibility index (Phi) is 6.68. The molecule has 0 unspecified atom stereocenters. The number of benzene rings is 2. The molecule has 3 rings (SSSR count). The van der Waals surface area contributed by atoms with Crippen molar-refractivity contribution in [3.8, 4) is 5.69 Å². The average molecular weight is 433 g/mol. The summed E-state index contributed by atoms with van der Waals surface area (Å²) < 4.78 is 28.8. The molecule has 7 nitrogen and oxygen atoms in total. The van der Waals surface area contributed by atoms with Gasteiger partial charge in [0.15, 0.2) is 0 Å². The van der Waals surface area contributed by atoms with Crippen LogP contribution in [-0.4, -0.2) is 42.6 Å². The number of carbonyl (C=O) groups excluding carboxylic acids is 1. The van der Waals surface area contributed by atoms with Crippen LogP contribution < -0.4 is 4.72 Å². The molecule has 0 aliphatic heterocycles. The van der Waals surface area contributed by atoms with Crippen molar-refractivity contribution in [1.29, 1.82) is 0 Å². The van der Waals surface area contributed by atoms with Crippen molar-refractivity contribution in [3.63, 3.8) is 0 Å². The average Bonchev–Trinajstić information content (AvgIpc) is 3.17. The number of nitrogens with one attached hydrogen (secondary N) is 1. The number of hydrogen-bond donors (Lipinski definition) is 1. The van der Waals surface area contributed by atoms with Crippen molar-refractivity contribution in [1.82, 2.24) is 19.4 Å². The molecule has 0 spiro atoms. The minimum Gasteiger partial charge on any atom is -0.341 e. The predicted molar refractivity (Wildman–Crippen MR) is 111 cm³/mol. The summed E-state index contributed by atoms with van der Waals surface area (Å²) >= 11 is 5.93. The van der Waals surface area contributed by atoms with Crippen LogP contribution in [0.2, 0.25) is 5.02 Å². The molecule has 29 heavy (non-hydrogen) atoms. The van der Waals surface area contributed by atoms with Gasteiger partial charge in [-0.1, -0.05) is 41.9 Å². The first-order chi connectivity index (χ1) is 13.9. The number of carbonyl (C=O) groups is 1. The highest BCUT2D eigenvalue weighted by atomic mass is 35.5. The molecular weight excluding hydrogens is 412 g/mol. The van der Waals surface area contributed by atoms with Crippen LogP contribution in [0.4, 0.5) is 0 Å². The molecule has 1 heterocycles. The molecule has 0 saturated carbocycles. The third kappa shape index (κ3) is 5.44. The van der Waals surface area contributed by atoms with Crippen LogP contribution in [-0.2, 0) is 21.4 Å². The lowest BCUT2D eigenvalue weighted by atomic mass is 10.3. The summed E-state index contributed by atoms with van der Waals surface area (Å²) in [4.78, 5) is 13.9. The van der Waals surface area contributed by atoms with Gasteiger partial charge in [-0.05, 0) is 24.3 Å². The molecule has 9 heteroatoms. The Morgan fingerprint density at radius 2 is 1.83 bits per heavy atom. The minimum absolute atomic E-state index is 0.00389. The summed E-state index contributed by atoms with van der Waals surface area (Å²) in [6, 6.07) is 15.8. The van der Waals surface area contributed by atoms with E-state index in [1.54, 1.807) is 30.1 Å². The van der Waals surface area contributed by atoms with Gasteiger partial charge in [-0.15, -0.1) is 0 Å². The van der Waals surface area contributed by atoms with Crippen LogP contribution in [0, 0.1) is 0 Å². The lowest BCUT2D eigenvalue weighted by Gasteiger charge is -2.16. The van der Waals surface area contributed by atoms with E-state index in [1.807, 2.05) is 36.5 Å². The third-order valence-electron chi connectivity index (χ3n) is 4.26. The second kappa shape index (κ2) is 9.21. The van der Waals surface area contributed by atoms with Crippen LogP contribution in [0.1, 0.15) is 12.0 Å². The normalized spacial score (nSPS) is 11.4. The third-order valence-corrected chi connectivity index (χ3v) is 6.22. The molecule has 0 atom stereocenters. The molecule has 0 bridgehead atoms. The summed E-state index contributed by atoms with van der Waals surface area (Å²) in [6.07, 6.45) is 3.60. The number of rotatable bonds is 8. The summed E-state index contributed by atoms with van der Waals surface area (Å²) in [5, 5.41) is 4.45. The Morgan fingerprint density at radius 1 is 1.14 bits per heavy atom. The maximum Gasteiger partial charge on any atom is 0.242 e. The minimum atomic E-state index is -3.76. The molecule has 0 saturated heterocycles. The lowest BCUT2D eigenvalue weighted by molar-refractivity contribution is -0.130. The maximum absolute atomic E-state index is 12.4. The number of sulfonamides is 1. The van der Waals surface area contributed by atoms with E-state index in [-0.39, 0.29) is 28.8 Å². The zero-order valence-electron chi connectivity index (χ0n) is 15.8. The first kappa shape index (κ1) is 21.0. The summed E-state index contributed by atoms with van der Waals surface area (Å²) in [5.74, 6) is -0.181. The zero-order chi connectivity index (χ0) is 20.9. The fourth-order valence-corrected chi connectivity index (χ4v) is 4.30. The van der Waals surface area contributed by atoms with Crippen molar-refractivity contribution in [3.05, 3.63) is 77.6 Å². The molecule has 152 valence electrons. The Morgan fingerprint density at radius 3 is 2.55 bits per heavy atom. The van der Waals surface area contributed by atoms with Gasteiger partial charge < -0.3 is 4.90 Å². The first-order valence-electron chi connectivity index (χ1n) is 8.94. The van der Waals surface area contributed by atoms with E-state index in [4.69, 9.17) is 11.6 Å². The Labute approximate surface area is 175 Å². The van der Waals surface area contributed by atoms with Gasteiger partial charge in [0.25, 0.3) is 0 Å². The molecular formula is C20H21ClN4O3S. The van der Waals surface area contributed by atoms with E-state index in [0.29, 0.717) is 6.54 Å². The van der Waals surface area contributed by atoms with Crippen molar-refractivity contribution < 1.29 is 13.2 Å². The monoisotopic (exact) mass is 432 g/mol. The number of nitrogens with zero attached hydrogens (tertiary/aromatic N) is 3. The van der Waals surface area contributed by atoms with E-state index >= 15 is 0 Å². The number of para-hydroxylation sites is 1. The molecule has 1 amide bonds. The molecule has 1 aromatic heterocycles. The highest BCUT2D eigenvalue weighted by Gasteiger charge is 2.18. The van der Waals surface area contributed by atoms with Crippen LogP contribution in [0.25, 0.3) is 5.69 Å². The molecule has 1 N–H and O–H groups in total. The van der Waals surface area contributed by atoms with Crippen molar-refractivity contribution in [2.45, 2.75) is 17.9 Å². The number of hydrogen-bond acceptors (Lipinski definition) is 4. The quantitative estimate of drug-likeness (QED) is 0.593. The SMILES string of the molecule is CN(Cc1cnn(-c2ccccc2)c1)C(=O)CCNS(=O)(=O)c1ccccc1Cl. The largest absolute Gasteiger partial charge is 0.341 e. The van der Waals surface area contributed by atoms with Gasteiger partial charge in [0.2, 0.25) is 15.9 Å². The topological polar surface area (TPSA) is 84.3 Å². The number of amides is 1. The van der Waals surface area contributed by atoms with Crippen LogP contribution in [0.15, 0.2) is 71.9 Å². The molecule has 0 radical (unpaired) electrons. The smallest absolute Gasteiger partial charge is 0.242 e. The van der Waals surface area contributed by atoms with E-state index in [0.717, 1.165) is 11.3 Å². The van der Waals surface area contributed by atoms with Gasteiger partial charge in [0.1, 0.15) is 4.90 Å². The molecule has 2 aromatic carbocycles. The predicted octanol–water partition coefficient (Wildman–Crippen LogP) is 2.85. The van der Waals surface area contributed by atoms with Gasteiger partial charge in [0.05, 0.1) is 16.9 Å². The molecule has 3 aromatic rings. The van der Waals surface area contributed by atoms with Gasteiger partial charge in [-0.2, -0.15) is 5.10 Å². The number of halogens is 1. The van der Waals surface area contributed by atoms with Crippen molar-refractivity contribution in [2.24, 2.45) is 0 Å². The lowest BCUT2D eigenvalue weighted by Crippen LogP contribution is -2.32. The molecule has 0 fully saturated rings. The molecule has 0 aliphatic rings. The number of aromatic nitrogens is 2. The van der Waals surface area contributed by atoms with Crippen LogP contribution >= 0.6 is 11.6 Å². The maximum atomic E-state index is 12.4. The highest BCUT2D eigenvalue weighted by molar-refractivity contribution is 7.89. The summed E-state index contributed by atoms with van der Waals surface area (Å²) in [5.41, 5.74) is 1.81. The Bertz CT molecular complexity index is 1080. The zero-order valence-corrected chi connectivity index (χ0v) is 17.4. The first-order valence-corrected chi connectivity index (χ1v) is 10.8. The van der Waals surface area contributed by atoms with Gasteiger partial charge in [-0.3, -0.25) is 4.79 Å². The molecule has 0 aliphatic carbocycles. The standard InChI is InChI=1S/C20H21ClN4O3S/c1-24(14-16-13-22-25(15-16)17-7-3-2-4-8-17)20(26)11-12-23-29(27,28)19-10-6-5-9-18(19)21/h2-10,13,15,23H,11-12,14H2,1H3. The van der Waals surface area contributed by atoms with Crippen molar-refractivity contribution >= 4 is 27.5 Å². The van der Waals surface area contributed by atoms with E-state index in [2.05, 4.69) is 9.82 Å². The van der Waals surface area contributed by atoms with E-state index < -0.39 is 10.0 Å². The van der Waals surface area contributed by atoms with Gasteiger partial charge in [-0.25, -0.2) is 17.8 Å². The van der Waals surface area contributed by atoms with Gasteiger partial charge in [0, 0.05) is 38.3 Å². The van der Waals surface area contributed by atoms with Crippen LogP contribution in [0.3, 0.4) is 0 Å². The van der Waals surface area contributed by atoms with Crippen LogP contribution in [0.5, 0.6) is 0 Å². The second-order valence-corrected chi connectivity index (χ2v) is 8.60. The Hall–Kier alpha value is -2.68. The fraction of sp³-hybridized carbons (Fsp3) is 0.200. The van der Waals surface area contributed by atoms with Gasteiger partial charge >= 0.3 is 0 Å². The second-order valence-electron chi connectivity index (χ2n) is 6.46. The summed E-state index contributed by atoms with van der Waals surface area (Å²) in [7, 11) is -2.09. The summed E-state index contributed by atoms with van der Waals surface area (Å²) in [6.45, 7) is 0.364. The van der Waals surface area contributed by atoms with E-state index in [9.17, 15) is 13.2 Å². The Balaban J connectivity index is 1.52. The highest BCUT2D eigenvalue weighted by Crippen LogP contribution is 2.20. The van der Waals surface area contributed by atoms with E-state index in [1.165, 1.54) is 17.0 Å².